The third kappa shape index (κ3) is 3.28. The molecule has 1 aromatic carbocycles. The zero-order valence-corrected chi connectivity index (χ0v) is 15.0. The summed E-state index contributed by atoms with van der Waals surface area (Å²) in [6.07, 6.45) is 4.91. The number of guanidine groups is 2. The topological polar surface area (TPSA) is 109 Å². The third-order valence-corrected chi connectivity index (χ3v) is 4.97. The van der Waals surface area contributed by atoms with E-state index in [-0.39, 0.29) is 11.9 Å². The highest BCUT2D eigenvalue weighted by Crippen LogP contribution is 2.40. The highest BCUT2D eigenvalue weighted by atomic mass is 35.5. The van der Waals surface area contributed by atoms with Crippen LogP contribution in [0.25, 0.3) is 0 Å². The summed E-state index contributed by atoms with van der Waals surface area (Å²) in [5, 5.41) is 3.16. The molecule has 0 aromatic heterocycles. The van der Waals surface area contributed by atoms with E-state index in [1.165, 1.54) is 0 Å². The molecule has 2 aliphatic rings. The number of nitrogens with one attached hydrogen (secondary N) is 1. The monoisotopic (exact) mass is 362 g/mol. The lowest BCUT2D eigenvalue weighted by Gasteiger charge is -2.45. The van der Waals surface area contributed by atoms with Gasteiger partial charge < -0.3 is 16.8 Å². The Bertz CT molecular complexity index is 739. The molecule has 1 spiro atoms. The van der Waals surface area contributed by atoms with Gasteiger partial charge in [0.1, 0.15) is 5.66 Å². The molecule has 3 rings (SSSR count). The predicted molar refractivity (Wildman–Crippen MR) is 101 cm³/mol. The zero-order chi connectivity index (χ0) is 18.0. The van der Waals surface area contributed by atoms with E-state index >= 15 is 0 Å². The first-order chi connectivity index (χ1) is 12.0. The van der Waals surface area contributed by atoms with Crippen molar-refractivity contribution in [3.8, 4) is 0 Å². The van der Waals surface area contributed by atoms with Gasteiger partial charge in [-0.15, -0.1) is 0 Å². The quantitative estimate of drug-likeness (QED) is 0.765. The van der Waals surface area contributed by atoms with Gasteiger partial charge in [0.2, 0.25) is 11.9 Å². The molecule has 1 amide bonds. The van der Waals surface area contributed by atoms with Gasteiger partial charge in [0.25, 0.3) is 5.91 Å². The molecule has 1 heterocycles. The summed E-state index contributed by atoms with van der Waals surface area (Å²) in [6.45, 7) is 2.39. The average molecular weight is 363 g/mol. The molecule has 0 saturated heterocycles. The maximum Gasteiger partial charge on any atom is 0.252 e. The Kier molecular flexibility index (Phi) is 4.85. The summed E-state index contributed by atoms with van der Waals surface area (Å²) in [5.74, 6) is 0.273. The van der Waals surface area contributed by atoms with Crippen molar-refractivity contribution >= 4 is 35.1 Å². The number of nitrogens with two attached hydrogens (primary N) is 2. The molecular formula is C17H23ClN6O. The van der Waals surface area contributed by atoms with Crippen LogP contribution >= 0.6 is 11.6 Å². The van der Waals surface area contributed by atoms with Crippen LogP contribution in [0, 0.1) is 0 Å². The van der Waals surface area contributed by atoms with E-state index in [1.54, 1.807) is 12.1 Å². The van der Waals surface area contributed by atoms with Crippen LogP contribution in [0.1, 0.15) is 49.4 Å². The van der Waals surface area contributed by atoms with Crippen LogP contribution in [0.4, 0.5) is 5.69 Å². The van der Waals surface area contributed by atoms with Crippen molar-refractivity contribution in [1.29, 1.82) is 0 Å². The number of hydrogen-bond donors (Lipinski definition) is 3. The Morgan fingerprint density at radius 1 is 1.32 bits per heavy atom. The van der Waals surface area contributed by atoms with Crippen LogP contribution in [-0.4, -0.2) is 30.0 Å². The summed E-state index contributed by atoms with van der Waals surface area (Å²) < 4.78 is 0. The molecule has 0 unspecified atom stereocenters. The standard InChI is InChI=1S/C17H23ClN6O/c1-2-21-14(25)12-10-11(6-7-13(12)18)24-16(20)22-15(19)23-17(24)8-4-3-5-9-17/h6-7,10H,2-5,8-9H2,1H3,(H,21,25)(H4,19,20,22,23). The number of hydrogen-bond acceptors (Lipinski definition) is 6. The van der Waals surface area contributed by atoms with Crippen LogP contribution in [0.3, 0.4) is 0 Å². The summed E-state index contributed by atoms with van der Waals surface area (Å²) >= 11 is 6.21. The van der Waals surface area contributed by atoms with E-state index < -0.39 is 5.66 Å². The van der Waals surface area contributed by atoms with E-state index in [0.29, 0.717) is 23.1 Å². The normalized spacial score (nSPS) is 19.4. The van der Waals surface area contributed by atoms with Gasteiger partial charge in [-0.2, -0.15) is 4.99 Å². The molecule has 1 aliphatic heterocycles. The number of benzene rings is 1. The van der Waals surface area contributed by atoms with Crippen molar-refractivity contribution in [3.63, 3.8) is 0 Å². The van der Waals surface area contributed by atoms with Crippen molar-refractivity contribution in [2.24, 2.45) is 21.5 Å². The second-order valence-corrected chi connectivity index (χ2v) is 6.75. The largest absolute Gasteiger partial charge is 0.369 e. The number of carbonyl (C=O) groups is 1. The minimum atomic E-state index is -0.541. The fourth-order valence-corrected chi connectivity index (χ4v) is 3.78. The van der Waals surface area contributed by atoms with E-state index in [1.807, 2.05) is 17.9 Å². The number of halogens is 1. The lowest BCUT2D eigenvalue weighted by Crippen LogP contribution is -2.58. The lowest BCUT2D eigenvalue weighted by molar-refractivity contribution is 0.0956. The Morgan fingerprint density at radius 3 is 2.72 bits per heavy atom. The SMILES string of the molecule is CCNC(=O)c1cc(N2C(N)=NC(N)=NC23CCCCC3)ccc1Cl. The van der Waals surface area contributed by atoms with Crippen molar-refractivity contribution in [2.75, 3.05) is 11.4 Å². The van der Waals surface area contributed by atoms with Crippen LogP contribution in [-0.2, 0) is 0 Å². The molecule has 1 saturated carbocycles. The molecular weight excluding hydrogens is 340 g/mol. The van der Waals surface area contributed by atoms with Gasteiger partial charge in [0.05, 0.1) is 10.6 Å². The molecule has 1 aromatic rings. The Hall–Kier alpha value is -2.28. The maximum atomic E-state index is 12.3. The van der Waals surface area contributed by atoms with Crippen LogP contribution < -0.4 is 21.7 Å². The molecule has 7 nitrogen and oxygen atoms in total. The van der Waals surface area contributed by atoms with Crippen LogP contribution in [0.15, 0.2) is 28.2 Å². The number of nitrogens with zero attached hydrogens (tertiary/aromatic N) is 3. The predicted octanol–water partition coefficient (Wildman–Crippen LogP) is 2.20. The smallest absolute Gasteiger partial charge is 0.252 e. The van der Waals surface area contributed by atoms with Gasteiger partial charge in [-0.1, -0.05) is 18.0 Å². The molecule has 0 bridgehead atoms. The van der Waals surface area contributed by atoms with E-state index in [9.17, 15) is 4.79 Å². The van der Waals surface area contributed by atoms with Gasteiger partial charge in [0, 0.05) is 12.2 Å². The van der Waals surface area contributed by atoms with Crippen molar-refractivity contribution < 1.29 is 4.79 Å². The molecule has 8 heteroatoms. The van der Waals surface area contributed by atoms with Gasteiger partial charge in [-0.3, -0.25) is 9.69 Å². The summed E-state index contributed by atoms with van der Waals surface area (Å²) in [5.41, 5.74) is 12.7. The second-order valence-electron chi connectivity index (χ2n) is 6.34. The van der Waals surface area contributed by atoms with Crippen molar-refractivity contribution in [1.82, 2.24) is 5.32 Å². The van der Waals surface area contributed by atoms with Gasteiger partial charge in [-0.25, -0.2) is 4.99 Å². The molecule has 0 atom stereocenters. The minimum absolute atomic E-state index is 0.202. The van der Waals surface area contributed by atoms with Crippen molar-refractivity contribution in [3.05, 3.63) is 28.8 Å². The van der Waals surface area contributed by atoms with E-state index in [4.69, 9.17) is 23.1 Å². The first kappa shape index (κ1) is 17.5. The van der Waals surface area contributed by atoms with Crippen LogP contribution in [0.5, 0.6) is 0 Å². The van der Waals surface area contributed by atoms with Crippen molar-refractivity contribution in [2.45, 2.75) is 44.7 Å². The third-order valence-electron chi connectivity index (χ3n) is 4.64. The fraction of sp³-hybridized carbons (Fsp3) is 0.471. The summed E-state index contributed by atoms with van der Waals surface area (Å²) in [6, 6.07) is 5.27. The number of carbonyl (C=O) groups excluding carboxylic acids is 1. The highest BCUT2D eigenvalue weighted by Gasteiger charge is 2.42. The maximum absolute atomic E-state index is 12.3. The highest BCUT2D eigenvalue weighted by molar-refractivity contribution is 6.34. The molecule has 25 heavy (non-hydrogen) atoms. The molecule has 134 valence electrons. The molecule has 1 aliphatic carbocycles. The second kappa shape index (κ2) is 6.92. The Morgan fingerprint density at radius 2 is 2.04 bits per heavy atom. The summed E-state index contributed by atoms with van der Waals surface area (Å²) in [4.78, 5) is 22.9. The van der Waals surface area contributed by atoms with Crippen LogP contribution in [0.2, 0.25) is 5.02 Å². The first-order valence-corrected chi connectivity index (χ1v) is 8.92. The van der Waals surface area contributed by atoms with E-state index in [0.717, 1.165) is 37.8 Å². The van der Waals surface area contributed by atoms with Gasteiger partial charge in [-0.05, 0) is 50.8 Å². The first-order valence-electron chi connectivity index (χ1n) is 8.54. The number of aliphatic imine (C=N–C) groups is 2. The number of anilines is 1. The van der Waals surface area contributed by atoms with Gasteiger partial charge >= 0.3 is 0 Å². The van der Waals surface area contributed by atoms with E-state index in [2.05, 4.69) is 15.3 Å². The number of rotatable bonds is 3. The molecule has 0 radical (unpaired) electrons. The fourth-order valence-electron chi connectivity index (χ4n) is 3.58. The zero-order valence-electron chi connectivity index (χ0n) is 14.3. The molecule has 5 N–H and O–H groups in total. The summed E-state index contributed by atoms with van der Waals surface area (Å²) in [7, 11) is 0. The lowest BCUT2D eigenvalue weighted by atomic mass is 9.87. The van der Waals surface area contributed by atoms with Gasteiger partial charge in [0.15, 0.2) is 0 Å². The average Bonchev–Trinajstić information content (AvgIpc) is 2.56. The minimum Gasteiger partial charge on any atom is -0.369 e. The number of amides is 1. The molecule has 1 fully saturated rings. The Labute approximate surface area is 152 Å². The Balaban J connectivity index is 2.05.